The van der Waals surface area contributed by atoms with Crippen molar-refractivity contribution in [3.05, 3.63) is 0 Å². The second-order valence-corrected chi connectivity index (χ2v) is 3.39. The molecule has 3 heteroatoms. The maximum atomic E-state index is 8.53. The van der Waals surface area contributed by atoms with Gasteiger partial charge < -0.3 is 5.11 Å². The van der Waals surface area contributed by atoms with Crippen LogP contribution in [-0.4, -0.2) is 23.6 Å². The molecule has 0 saturated carbocycles. The molecule has 0 saturated heterocycles. The molecule has 0 atom stereocenters. The lowest BCUT2D eigenvalue weighted by atomic mass is 10.1. The van der Waals surface area contributed by atoms with Crippen molar-refractivity contribution in [1.29, 1.82) is 0 Å². The maximum Gasteiger partial charge on any atom is 0.0819 e. The fourth-order valence-electron chi connectivity index (χ4n) is 1.34. The van der Waals surface area contributed by atoms with Crippen molar-refractivity contribution in [2.75, 3.05) is 13.2 Å². The van der Waals surface area contributed by atoms with Crippen molar-refractivity contribution < 1.29 is 15.3 Å². The van der Waals surface area contributed by atoms with Crippen LogP contribution < -0.4 is 0 Å². The zero-order chi connectivity index (χ0) is 9.78. The van der Waals surface area contributed by atoms with E-state index in [2.05, 4.69) is 4.89 Å². The van der Waals surface area contributed by atoms with E-state index in [1.807, 2.05) is 0 Å². The maximum absolute atomic E-state index is 8.53. The lowest BCUT2D eigenvalue weighted by molar-refractivity contribution is -0.242. The highest BCUT2D eigenvalue weighted by Crippen LogP contribution is 2.08. The molecule has 0 aromatic carbocycles. The van der Waals surface area contributed by atoms with Crippen LogP contribution in [-0.2, 0) is 4.89 Å². The molecule has 3 nitrogen and oxygen atoms in total. The predicted octanol–water partition coefficient (Wildman–Crippen LogP) is 2.59. The Balaban J connectivity index is 2.76. The Labute approximate surface area is 80.7 Å². The third-order valence-electron chi connectivity index (χ3n) is 2.14. The van der Waals surface area contributed by atoms with Gasteiger partial charge in [-0.05, 0) is 12.8 Å². The minimum absolute atomic E-state index is 0.327. The molecule has 0 aliphatic heterocycles. The largest absolute Gasteiger partial charge is 0.396 e. The van der Waals surface area contributed by atoms with Crippen LogP contribution in [0.15, 0.2) is 0 Å². The van der Waals surface area contributed by atoms with Gasteiger partial charge in [-0.15, -0.1) is 0 Å². The Hall–Kier alpha value is -0.120. The highest BCUT2D eigenvalue weighted by atomic mass is 17.1. The fraction of sp³-hybridized carbons (Fsp3) is 1.00. The first-order chi connectivity index (χ1) is 6.41. The van der Waals surface area contributed by atoms with Crippen LogP contribution in [0.1, 0.15) is 51.4 Å². The van der Waals surface area contributed by atoms with Gasteiger partial charge in [0, 0.05) is 6.61 Å². The van der Waals surface area contributed by atoms with Crippen LogP contribution in [0.2, 0.25) is 0 Å². The van der Waals surface area contributed by atoms with Gasteiger partial charge in [-0.3, -0.25) is 5.26 Å². The summed E-state index contributed by atoms with van der Waals surface area (Å²) in [5.41, 5.74) is 0. The topological polar surface area (TPSA) is 49.7 Å². The average Bonchev–Trinajstić information content (AvgIpc) is 2.16. The van der Waals surface area contributed by atoms with Crippen molar-refractivity contribution >= 4 is 0 Å². The van der Waals surface area contributed by atoms with Gasteiger partial charge in [-0.25, -0.2) is 4.89 Å². The summed E-state index contributed by atoms with van der Waals surface area (Å²) in [6, 6.07) is 0. The second kappa shape index (κ2) is 11.9. The van der Waals surface area contributed by atoms with E-state index >= 15 is 0 Å². The van der Waals surface area contributed by atoms with Gasteiger partial charge in [0.05, 0.1) is 6.61 Å². The number of unbranched alkanes of at least 4 members (excludes halogenated alkanes) is 7. The van der Waals surface area contributed by atoms with Gasteiger partial charge in [0.15, 0.2) is 0 Å². The first-order valence-corrected chi connectivity index (χ1v) is 5.29. The first kappa shape index (κ1) is 12.9. The summed E-state index contributed by atoms with van der Waals surface area (Å²) in [5.74, 6) is 0. The first-order valence-electron chi connectivity index (χ1n) is 5.29. The minimum atomic E-state index is 0.327. The normalized spacial score (nSPS) is 10.6. The molecular weight excluding hydrogens is 168 g/mol. The summed E-state index contributed by atoms with van der Waals surface area (Å²) in [6.45, 7) is 0.790. The van der Waals surface area contributed by atoms with Gasteiger partial charge in [0.1, 0.15) is 0 Å². The van der Waals surface area contributed by atoms with E-state index in [0.717, 1.165) is 25.7 Å². The van der Waals surface area contributed by atoms with E-state index in [0.29, 0.717) is 13.2 Å². The summed E-state index contributed by atoms with van der Waals surface area (Å²) in [7, 11) is 0. The third-order valence-corrected chi connectivity index (χ3v) is 2.14. The van der Waals surface area contributed by atoms with Crippen molar-refractivity contribution in [3.8, 4) is 0 Å². The lowest BCUT2D eigenvalue weighted by Gasteiger charge is -2.00. The van der Waals surface area contributed by atoms with E-state index in [1.165, 1.54) is 25.7 Å². The van der Waals surface area contributed by atoms with E-state index in [1.54, 1.807) is 0 Å². The molecular formula is C10H22O3. The smallest absolute Gasteiger partial charge is 0.0819 e. The van der Waals surface area contributed by atoms with Gasteiger partial charge in [0.25, 0.3) is 0 Å². The van der Waals surface area contributed by atoms with Crippen LogP contribution >= 0.6 is 0 Å². The summed E-state index contributed by atoms with van der Waals surface area (Å²) in [4.78, 5) is 3.97. The molecule has 0 unspecified atom stereocenters. The van der Waals surface area contributed by atoms with Gasteiger partial charge >= 0.3 is 0 Å². The van der Waals surface area contributed by atoms with E-state index < -0.39 is 0 Å². The van der Waals surface area contributed by atoms with E-state index in [4.69, 9.17) is 10.4 Å². The quantitative estimate of drug-likeness (QED) is 0.316. The average molecular weight is 190 g/mol. The summed E-state index contributed by atoms with van der Waals surface area (Å²) in [6.07, 6.45) is 9.17. The molecule has 0 bridgehead atoms. The molecule has 2 N–H and O–H groups in total. The number of aliphatic hydroxyl groups excluding tert-OH is 1. The Morgan fingerprint density at radius 2 is 1.15 bits per heavy atom. The molecule has 0 amide bonds. The highest BCUT2D eigenvalue weighted by Gasteiger charge is 1.91. The number of aliphatic hydroxyl groups is 1. The van der Waals surface area contributed by atoms with Gasteiger partial charge in [-0.1, -0.05) is 38.5 Å². The minimum Gasteiger partial charge on any atom is -0.396 e. The predicted molar refractivity (Wildman–Crippen MR) is 52.6 cm³/mol. The van der Waals surface area contributed by atoms with Crippen molar-refractivity contribution in [2.24, 2.45) is 0 Å². The van der Waals surface area contributed by atoms with Crippen LogP contribution in [0.5, 0.6) is 0 Å². The molecule has 0 aliphatic rings. The molecule has 0 rings (SSSR count). The summed E-state index contributed by atoms with van der Waals surface area (Å²) in [5, 5.41) is 16.6. The number of rotatable bonds is 10. The van der Waals surface area contributed by atoms with Crippen LogP contribution in [0, 0.1) is 0 Å². The molecule has 0 fully saturated rings. The second-order valence-electron chi connectivity index (χ2n) is 3.39. The molecule has 0 spiro atoms. The number of hydrogen-bond donors (Lipinski definition) is 2. The Kier molecular flexibility index (Phi) is 11.8. The molecule has 80 valence electrons. The van der Waals surface area contributed by atoms with Crippen molar-refractivity contribution in [1.82, 2.24) is 0 Å². The Morgan fingerprint density at radius 1 is 0.692 bits per heavy atom. The molecule has 0 aliphatic carbocycles. The lowest BCUT2D eigenvalue weighted by Crippen LogP contribution is -1.89. The SMILES string of the molecule is OCCCCCCCCCCOO. The van der Waals surface area contributed by atoms with Gasteiger partial charge in [-0.2, -0.15) is 0 Å². The van der Waals surface area contributed by atoms with Gasteiger partial charge in [0.2, 0.25) is 0 Å². The van der Waals surface area contributed by atoms with Crippen LogP contribution in [0.25, 0.3) is 0 Å². The van der Waals surface area contributed by atoms with Crippen LogP contribution in [0.3, 0.4) is 0 Å². The summed E-state index contributed by atoms with van der Waals surface area (Å²) >= 11 is 0. The molecule has 0 aromatic heterocycles. The fourth-order valence-corrected chi connectivity index (χ4v) is 1.34. The van der Waals surface area contributed by atoms with Crippen molar-refractivity contribution in [2.45, 2.75) is 51.4 Å². The third kappa shape index (κ3) is 11.9. The monoisotopic (exact) mass is 190 g/mol. The van der Waals surface area contributed by atoms with Crippen LogP contribution in [0.4, 0.5) is 0 Å². The molecule has 0 radical (unpaired) electrons. The zero-order valence-corrected chi connectivity index (χ0v) is 8.37. The Morgan fingerprint density at radius 3 is 1.62 bits per heavy atom. The molecule has 13 heavy (non-hydrogen) atoms. The van der Waals surface area contributed by atoms with E-state index in [-0.39, 0.29) is 0 Å². The molecule has 0 heterocycles. The standard InChI is InChI=1S/C10H22O3/c11-9-7-5-3-1-2-4-6-8-10-13-12/h11-12H,1-10H2. The summed E-state index contributed by atoms with van der Waals surface area (Å²) < 4.78 is 0. The van der Waals surface area contributed by atoms with Crippen molar-refractivity contribution in [3.63, 3.8) is 0 Å². The highest BCUT2D eigenvalue weighted by molar-refractivity contribution is 4.45. The number of hydrogen-bond acceptors (Lipinski definition) is 3. The zero-order valence-electron chi connectivity index (χ0n) is 8.37. The molecule has 0 aromatic rings. The van der Waals surface area contributed by atoms with E-state index in [9.17, 15) is 0 Å². The Bertz CT molecular complexity index is 76.2.